The van der Waals surface area contributed by atoms with Gasteiger partial charge in [0.2, 0.25) is 0 Å². The third kappa shape index (κ3) is 5.67. The maximum Gasteiger partial charge on any atom is 0.319 e. The van der Waals surface area contributed by atoms with Crippen LogP contribution in [-0.4, -0.2) is 83.2 Å². The smallest absolute Gasteiger partial charge is 0.319 e. The van der Waals surface area contributed by atoms with Crippen molar-refractivity contribution in [2.24, 2.45) is 46.3 Å². The molecule has 10 heteroatoms. The fraction of sp³-hybridized carbons (Fsp3) is 0.775. The summed E-state index contributed by atoms with van der Waals surface area (Å²) < 4.78 is 26.1. The van der Waals surface area contributed by atoms with Gasteiger partial charge in [0.1, 0.15) is 24.4 Å². The number of hydrogen-bond donors (Lipinski definition) is 5. The first-order valence-electron chi connectivity index (χ1n) is 19.4. The van der Waals surface area contributed by atoms with E-state index in [0.29, 0.717) is 41.2 Å². The van der Waals surface area contributed by atoms with Gasteiger partial charge in [0, 0.05) is 18.0 Å². The number of carbonyl (C=O) groups excluding carboxylic acids is 1. The van der Waals surface area contributed by atoms with Crippen molar-refractivity contribution in [3.05, 3.63) is 42.0 Å². The summed E-state index contributed by atoms with van der Waals surface area (Å²) >= 11 is 0. The molecule has 0 bridgehead atoms. The van der Waals surface area contributed by atoms with E-state index < -0.39 is 43.3 Å². The molecule has 0 radical (unpaired) electrons. The van der Waals surface area contributed by atoms with Crippen LogP contribution in [-0.2, 0) is 18.9 Å². The average molecular weight is 695 g/mol. The van der Waals surface area contributed by atoms with Crippen molar-refractivity contribution < 1.29 is 39.1 Å². The van der Waals surface area contributed by atoms with Crippen LogP contribution in [0.3, 0.4) is 0 Å². The summed E-state index contributed by atoms with van der Waals surface area (Å²) in [6, 6.07) is 7.45. The molecule has 7 aliphatic rings. The Morgan fingerprint density at radius 3 is 2.56 bits per heavy atom. The molecule has 6 fully saturated rings. The van der Waals surface area contributed by atoms with E-state index in [-0.39, 0.29) is 28.8 Å². The average Bonchev–Trinajstić information content (AvgIpc) is 3.55. The summed E-state index contributed by atoms with van der Waals surface area (Å²) in [5, 5.41) is 37.2. The van der Waals surface area contributed by atoms with Gasteiger partial charge in [-0.2, -0.15) is 0 Å². The van der Waals surface area contributed by atoms with Crippen LogP contribution in [0, 0.1) is 46.3 Å². The number of rotatable bonds is 5. The third-order valence-electron chi connectivity index (χ3n) is 14.9. The number of benzene rings is 1. The van der Waals surface area contributed by atoms with Gasteiger partial charge >= 0.3 is 6.03 Å². The van der Waals surface area contributed by atoms with Gasteiger partial charge in [0.15, 0.2) is 12.1 Å². The van der Waals surface area contributed by atoms with Crippen LogP contribution in [0.4, 0.5) is 10.5 Å². The molecule has 2 amide bonds. The largest absolute Gasteiger partial charge is 0.394 e. The second-order valence-corrected chi connectivity index (χ2v) is 17.5. The molecule has 1 aromatic carbocycles. The van der Waals surface area contributed by atoms with Crippen LogP contribution in [0.5, 0.6) is 0 Å². The first kappa shape index (κ1) is 35.0. The Balaban J connectivity index is 0.954. The molecule has 3 saturated carbocycles. The summed E-state index contributed by atoms with van der Waals surface area (Å²) in [6.07, 6.45) is 7.28. The fourth-order valence-corrected chi connectivity index (χ4v) is 12.1. The van der Waals surface area contributed by atoms with Crippen LogP contribution < -0.4 is 10.6 Å². The number of aliphatic hydroxyl groups is 3. The molecule has 3 saturated heterocycles. The van der Waals surface area contributed by atoms with Gasteiger partial charge in [-0.05, 0) is 104 Å². The number of para-hydroxylation sites is 1. The van der Waals surface area contributed by atoms with E-state index in [2.05, 4.69) is 44.4 Å². The number of carbonyl (C=O) groups is 1. The fourth-order valence-electron chi connectivity index (χ4n) is 12.1. The number of amides is 2. The zero-order chi connectivity index (χ0) is 35.0. The van der Waals surface area contributed by atoms with Gasteiger partial charge in [0.25, 0.3) is 0 Å². The van der Waals surface area contributed by atoms with Crippen molar-refractivity contribution in [3.63, 3.8) is 0 Å². The lowest BCUT2D eigenvalue weighted by Gasteiger charge is -2.58. The Morgan fingerprint density at radius 1 is 1.02 bits per heavy atom. The quantitative estimate of drug-likeness (QED) is 0.260. The van der Waals surface area contributed by atoms with E-state index in [1.54, 1.807) is 12.1 Å². The van der Waals surface area contributed by atoms with Crippen molar-refractivity contribution in [3.8, 4) is 0 Å². The van der Waals surface area contributed by atoms with E-state index in [1.807, 2.05) is 18.2 Å². The van der Waals surface area contributed by atoms with Crippen LogP contribution >= 0.6 is 0 Å². The minimum atomic E-state index is -1.38. The summed E-state index contributed by atoms with van der Waals surface area (Å²) in [5.41, 5.74) is 2.42. The minimum Gasteiger partial charge on any atom is -0.394 e. The number of ether oxygens (including phenoxy) is 4. The highest BCUT2D eigenvalue weighted by molar-refractivity contribution is 5.89. The topological polar surface area (TPSA) is 139 Å². The minimum absolute atomic E-state index is 0.0993. The lowest BCUT2D eigenvalue weighted by Crippen LogP contribution is -2.65. The molecule has 50 heavy (non-hydrogen) atoms. The SMILES string of the molecule is C[C@@H]1CC[C@@]2(OC1)O[C@H]1C[C@H]3[C@@H]4CC=C5C[C@@H](O[C@@H]6O[C@H](CO)[C@@H](O)[C@H](O)[C@H]6NC(=O)Nc6ccccc6)CC[C@]5(C)[C@H]4CC[C@]3(C)[C@H]1[C@@H]2C. The van der Waals surface area contributed by atoms with E-state index in [1.165, 1.54) is 24.8 Å². The molecule has 1 spiro atoms. The summed E-state index contributed by atoms with van der Waals surface area (Å²) in [6.45, 7) is 10.1. The Morgan fingerprint density at radius 2 is 1.82 bits per heavy atom. The van der Waals surface area contributed by atoms with Gasteiger partial charge < -0.3 is 44.9 Å². The predicted octanol–water partition coefficient (Wildman–Crippen LogP) is 5.37. The molecule has 8 rings (SSSR count). The van der Waals surface area contributed by atoms with Crippen molar-refractivity contribution in [1.29, 1.82) is 0 Å². The van der Waals surface area contributed by atoms with Gasteiger partial charge in [-0.1, -0.05) is 57.5 Å². The molecule has 16 atom stereocenters. The highest BCUT2D eigenvalue weighted by atomic mass is 16.7. The molecule has 4 aliphatic carbocycles. The number of allylic oxidation sites excluding steroid dienone is 1. The second-order valence-electron chi connectivity index (χ2n) is 17.5. The molecule has 1 aromatic rings. The number of urea groups is 1. The maximum atomic E-state index is 13.0. The van der Waals surface area contributed by atoms with E-state index in [0.717, 1.165) is 45.1 Å². The van der Waals surface area contributed by atoms with Crippen LogP contribution in [0.15, 0.2) is 42.0 Å². The van der Waals surface area contributed by atoms with Crippen LogP contribution in [0.2, 0.25) is 0 Å². The zero-order valence-electron chi connectivity index (χ0n) is 30.1. The molecule has 3 aliphatic heterocycles. The number of anilines is 1. The predicted molar refractivity (Wildman–Crippen MR) is 187 cm³/mol. The highest BCUT2D eigenvalue weighted by Crippen LogP contribution is 2.70. The molecular formula is C40H58N2O8. The van der Waals surface area contributed by atoms with Gasteiger partial charge in [-0.25, -0.2) is 4.79 Å². The molecule has 0 unspecified atom stereocenters. The second kappa shape index (κ2) is 13.1. The molecular weight excluding hydrogens is 636 g/mol. The Hall–Kier alpha value is -2.05. The number of aliphatic hydroxyl groups excluding tert-OH is 3. The first-order chi connectivity index (χ1) is 24.0. The Bertz CT molecular complexity index is 1430. The standard InChI is InChI=1S/C40H58N2O8/c1-22-12-17-40(47-21-22)23(2)32-30(50-40)19-29-27-11-10-24-18-26(13-15-38(24,3)28(27)14-16-39(29,32)4)48-36-33(35(45)34(44)31(20-43)49-36)42-37(46)41-25-8-6-5-7-9-25/h5-10,22-23,26-36,43-45H,11-21H2,1-4H3,(H2,41,42,46)/t22-,23+,26+,27-,28+,29+,30+,31-,32+,33-,34-,35-,36-,38+,39+,40-/m1/s1. The first-order valence-corrected chi connectivity index (χ1v) is 19.4. The Kier molecular flexibility index (Phi) is 9.18. The third-order valence-corrected chi connectivity index (χ3v) is 14.9. The summed E-state index contributed by atoms with van der Waals surface area (Å²) in [7, 11) is 0. The van der Waals surface area contributed by atoms with Gasteiger partial charge in [0.05, 0.1) is 25.4 Å². The van der Waals surface area contributed by atoms with Crippen LogP contribution in [0.1, 0.15) is 85.5 Å². The summed E-state index contributed by atoms with van der Waals surface area (Å²) in [5.74, 6) is 3.10. The zero-order valence-corrected chi connectivity index (χ0v) is 30.1. The number of hydrogen-bond acceptors (Lipinski definition) is 8. The van der Waals surface area contributed by atoms with Crippen molar-refractivity contribution in [2.45, 2.75) is 134 Å². The maximum absolute atomic E-state index is 13.0. The molecule has 3 heterocycles. The number of fused-ring (bicyclic) bond motifs is 7. The molecule has 10 nitrogen and oxygen atoms in total. The lowest BCUT2D eigenvalue weighted by molar-refractivity contribution is -0.283. The van der Waals surface area contributed by atoms with E-state index in [4.69, 9.17) is 18.9 Å². The van der Waals surface area contributed by atoms with Gasteiger partial charge in [-0.3, -0.25) is 0 Å². The van der Waals surface area contributed by atoms with Crippen molar-refractivity contribution in [2.75, 3.05) is 18.5 Å². The lowest BCUT2D eigenvalue weighted by atomic mass is 9.47. The van der Waals surface area contributed by atoms with E-state index in [9.17, 15) is 20.1 Å². The normalized spacial score (nSPS) is 49.7. The highest BCUT2D eigenvalue weighted by Gasteiger charge is 2.68. The van der Waals surface area contributed by atoms with Crippen LogP contribution in [0.25, 0.3) is 0 Å². The van der Waals surface area contributed by atoms with Crippen molar-refractivity contribution >= 4 is 11.7 Å². The summed E-state index contributed by atoms with van der Waals surface area (Å²) in [4.78, 5) is 13.0. The van der Waals surface area contributed by atoms with Crippen molar-refractivity contribution in [1.82, 2.24) is 5.32 Å². The molecule has 0 aromatic heterocycles. The Labute approximate surface area is 296 Å². The van der Waals surface area contributed by atoms with E-state index >= 15 is 0 Å². The monoisotopic (exact) mass is 694 g/mol. The van der Waals surface area contributed by atoms with Gasteiger partial charge in [-0.15, -0.1) is 0 Å². The number of nitrogens with one attached hydrogen (secondary N) is 2. The molecule has 276 valence electrons. The molecule has 5 N–H and O–H groups in total.